The predicted molar refractivity (Wildman–Crippen MR) is 77.0 cm³/mol. The van der Waals surface area contributed by atoms with Crippen molar-refractivity contribution in [3.8, 4) is 11.5 Å². The number of hydrogen-bond donors (Lipinski definition) is 1. The highest BCUT2D eigenvalue weighted by molar-refractivity contribution is 5.40. The minimum Gasteiger partial charge on any atom is -0.497 e. The number of hydrogen-bond acceptors (Lipinski definition) is 4. The molecule has 1 aliphatic rings. The summed E-state index contributed by atoms with van der Waals surface area (Å²) in [7, 11) is 7.60. The largest absolute Gasteiger partial charge is 0.497 e. The van der Waals surface area contributed by atoms with Gasteiger partial charge in [0, 0.05) is 12.1 Å². The van der Waals surface area contributed by atoms with Crippen LogP contribution in [-0.4, -0.2) is 46.3 Å². The Morgan fingerprint density at radius 3 is 2.37 bits per heavy atom. The third-order valence-electron chi connectivity index (χ3n) is 3.96. The lowest BCUT2D eigenvalue weighted by molar-refractivity contribution is 0.272. The average molecular weight is 264 g/mol. The highest BCUT2D eigenvalue weighted by Gasteiger charge is 2.32. The van der Waals surface area contributed by atoms with Crippen LogP contribution in [0, 0.1) is 5.92 Å². The second-order valence-corrected chi connectivity index (χ2v) is 5.18. The highest BCUT2D eigenvalue weighted by atomic mass is 16.5. The number of nitrogens with one attached hydrogen (secondary N) is 1. The standard InChI is InChI=1S/C15H24N2O2/c1-16-10-11-5-6-17(2)15(11)12-7-13(18-3)9-14(8-12)19-4/h7-9,11,15-16H,5-6,10H2,1-4H3. The van der Waals surface area contributed by atoms with E-state index in [0.717, 1.165) is 24.6 Å². The first kappa shape index (κ1) is 14.2. The van der Waals surface area contributed by atoms with Crippen LogP contribution in [0.1, 0.15) is 18.0 Å². The molecule has 1 heterocycles. The molecule has 106 valence electrons. The summed E-state index contributed by atoms with van der Waals surface area (Å²) in [6.07, 6.45) is 1.22. The Bertz CT molecular complexity index is 398. The SMILES string of the molecule is CNCC1CCN(C)C1c1cc(OC)cc(OC)c1. The van der Waals surface area contributed by atoms with Gasteiger partial charge in [-0.3, -0.25) is 4.90 Å². The number of nitrogens with zero attached hydrogens (tertiary/aromatic N) is 1. The third kappa shape index (κ3) is 3.01. The lowest BCUT2D eigenvalue weighted by Gasteiger charge is -2.26. The molecular formula is C15H24N2O2. The molecular weight excluding hydrogens is 240 g/mol. The van der Waals surface area contributed by atoms with Gasteiger partial charge in [-0.05, 0) is 57.2 Å². The maximum atomic E-state index is 5.37. The summed E-state index contributed by atoms with van der Waals surface area (Å²) >= 11 is 0. The molecule has 4 nitrogen and oxygen atoms in total. The van der Waals surface area contributed by atoms with Crippen LogP contribution < -0.4 is 14.8 Å². The first-order valence-corrected chi connectivity index (χ1v) is 6.77. The third-order valence-corrected chi connectivity index (χ3v) is 3.96. The van der Waals surface area contributed by atoms with Crippen molar-refractivity contribution in [1.82, 2.24) is 10.2 Å². The zero-order chi connectivity index (χ0) is 13.8. The molecule has 1 fully saturated rings. The number of likely N-dealkylation sites (tertiary alicyclic amines) is 1. The Morgan fingerprint density at radius 1 is 1.21 bits per heavy atom. The van der Waals surface area contributed by atoms with Crippen LogP contribution in [0.4, 0.5) is 0 Å². The van der Waals surface area contributed by atoms with Crippen LogP contribution in [0.15, 0.2) is 18.2 Å². The summed E-state index contributed by atoms with van der Waals surface area (Å²) in [5, 5.41) is 3.30. The fourth-order valence-corrected chi connectivity index (χ4v) is 3.03. The molecule has 1 N–H and O–H groups in total. The molecule has 2 rings (SSSR count). The minimum absolute atomic E-state index is 0.427. The topological polar surface area (TPSA) is 33.7 Å². The molecule has 1 aromatic carbocycles. The smallest absolute Gasteiger partial charge is 0.122 e. The summed E-state index contributed by atoms with van der Waals surface area (Å²) in [4.78, 5) is 2.41. The fourth-order valence-electron chi connectivity index (χ4n) is 3.03. The van der Waals surface area contributed by atoms with E-state index in [2.05, 4.69) is 29.4 Å². The Labute approximate surface area is 115 Å². The predicted octanol–water partition coefficient (Wildman–Crippen LogP) is 1.92. The van der Waals surface area contributed by atoms with E-state index >= 15 is 0 Å². The van der Waals surface area contributed by atoms with Crippen LogP contribution in [0.2, 0.25) is 0 Å². The monoisotopic (exact) mass is 264 g/mol. The van der Waals surface area contributed by atoms with Crippen molar-refractivity contribution >= 4 is 0 Å². The maximum Gasteiger partial charge on any atom is 0.122 e. The van der Waals surface area contributed by atoms with E-state index in [9.17, 15) is 0 Å². The van der Waals surface area contributed by atoms with E-state index in [1.54, 1.807) is 14.2 Å². The van der Waals surface area contributed by atoms with E-state index in [1.807, 2.05) is 13.1 Å². The van der Waals surface area contributed by atoms with E-state index in [4.69, 9.17) is 9.47 Å². The van der Waals surface area contributed by atoms with Crippen LogP contribution in [0.3, 0.4) is 0 Å². The van der Waals surface area contributed by atoms with Crippen molar-refractivity contribution in [1.29, 1.82) is 0 Å². The summed E-state index contributed by atoms with van der Waals surface area (Å²) in [5.41, 5.74) is 1.27. The van der Waals surface area contributed by atoms with Crippen LogP contribution in [-0.2, 0) is 0 Å². The summed E-state index contributed by atoms with van der Waals surface area (Å²) in [5.74, 6) is 2.35. The van der Waals surface area contributed by atoms with Gasteiger partial charge in [0.05, 0.1) is 14.2 Å². The number of benzene rings is 1. The normalized spacial score (nSPS) is 23.6. The van der Waals surface area contributed by atoms with Gasteiger partial charge in [0.25, 0.3) is 0 Å². The van der Waals surface area contributed by atoms with Gasteiger partial charge in [-0.15, -0.1) is 0 Å². The molecule has 0 bridgehead atoms. The Kier molecular flexibility index (Phi) is 4.66. The average Bonchev–Trinajstić information content (AvgIpc) is 2.79. The lowest BCUT2D eigenvalue weighted by Crippen LogP contribution is -2.26. The van der Waals surface area contributed by atoms with Crippen LogP contribution >= 0.6 is 0 Å². The fraction of sp³-hybridized carbons (Fsp3) is 0.600. The van der Waals surface area contributed by atoms with E-state index in [-0.39, 0.29) is 0 Å². The van der Waals surface area contributed by atoms with E-state index < -0.39 is 0 Å². The van der Waals surface area contributed by atoms with Gasteiger partial charge in [-0.2, -0.15) is 0 Å². The van der Waals surface area contributed by atoms with Crippen molar-refractivity contribution in [3.05, 3.63) is 23.8 Å². The van der Waals surface area contributed by atoms with E-state index in [1.165, 1.54) is 12.0 Å². The van der Waals surface area contributed by atoms with Crippen molar-refractivity contribution in [2.24, 2.45) is 5.92 Å². The van der Waals surface area contributed by atoms with E-state index in [0.29, 0.717) is 12.0 Å². The number of methoxy groups -OCH3 is 2. The Hall–Kier alpha value is -1.26. The molecule has 1 saturated heterocycles. The maximum absolute atomic E-state index is 5.37. The Morgan fingerprint density at radius 2 is 1.84 bits per heavy atom. The lowest BCUT2D eigenvalue weighted by atomic mass is 9.93. The minimum atomic E-state index is 0.427. The molecule has 1 aliphatic heterocycles. The molecule has 2 atom stereocenters. The van der Waals surface area contributed by atoms with Gasteiger partial charge in [0.15, 0.2) is 0 Å². The van der Waals surface area contributed by atoms with Crippen molar-refractivity contribution < 1.29 is 9.47 Å². The first-order valence-electron chi connectivity index (χ1n) is 6.77. The van der Waals surface area contributed by atoms with Gasteiger partial charge < -0.3 is 14.8 Å². The summed E-state index contributed by atoms with van der Waals surface area (Å²) in [6.45, 7) is 2.17. The summed E-state index contributed by atoms with van der Waals surface area (Å²) in [6, 6.07) is 6.59. The first-order chi connectivity index (χ1) is 9.19. The van der Waals surface area contributed by atoms with Crippen molar-refractivity contribution in [2.75, 3.05) is 41.4 Å². The van der Waals surface area contributed by atoms with Crippen LogP contribution in [0.25, 0.3) is 0 Å². The number of rotatable bonds is 5. The van der Waals surface area contributed by atoms with Gasteiger partial charge >= 0.3 is 0 Å². The van der Waals surface area contributed by atoms with Gasteiger partial charge in [-0.25, -0.2) is 0 Å². The molecule has 0 spiro atoms. The Balaban J connectivity index is 2.32. The second kappa shape index (κ2) is 6.26. The number of ether oxygens (including phenoxy) is 2. The molecule has 0 aromatic heterocycles. The molecule has 0 saturated carbocycles. The summed E-state index contributed by atoms with van der Waals surface area (Å²) < 4.78 is 10.7. The molecule has 4 heteroatoms. The molecule has 0 radical (unpaired) electrons. The zero-order valence-electron chi connectivity index (χ0n) is 12.3. The van der Waals surface area contributed by atoms with Gasteiger partial charge in [0.1, 0.15) is 11.5 Å². The quantitative estimate of drug-likeness (QED) is 0.881. The molecule has 19 heavy (non-hydrogen) atoms. The molecule has 2 unspecified atom stereocenters. The molecule has 0 amide bonds. The highest BCUT2D eigenvalue weighted by Crippen LogP contribution is 2.38. The molecule has 0 aliphatic carbocycles. The van der Waals surface area contributed by atoms with Crippen LogP contribution in [0.5, 0.6) is 11.5 Å². The van der Waals surface area contributed by atoms with Gasteiger partial charge in [0.2, 0.25) is 0 Å². The van der Waals surface area contributed by atoms with Gasteiger partial charge in [-0.1, -0.05) is 0 Å². The van der Waals surface area contributed by atoms with Crippen molar-refractivity contribution in [3.63, 3.8) is 0 Å². The zero-order valence-corrected chi connectivity index (χ0v) is 12.3. The second-order valence-electron chi connectivity index (χ2n) is 5.18. The van der Waals surface area contributed by atoms with Crippen molar-refractivity contribution in [2.45, 2.75) is 12.5 Å². The molecule has 1 aromatic rings.